The molecule has 0 heterocycles. The summed E-state index contributed by atoms with van der Waals surface area (Å²) in [6, 6.07) is 32.2. The summed E-state index contributed by atoms with van der Waals surface area (Å²) in [6.07, 6.45) is 7.31. The Balaban J connectivity index is 1.54. The fourth-order valence-corrected chi connectivity index (χ4v) is 7.82. The van der Waals surface area contributed by atoms with Crippen molar-refractivity contribution in [2.45, 2.75) is 73.9 Å². The third-order valence-corrected chi connectivity index (χ3v) is 11.2. The fraction of sp³-hybridized carbons (Fsp3) is 0.316. The number of rotatable bonds is 13. The molecule has 5 rings (SSSR count). The molecule has 0 aliphatic heterocycles. The van der Waals surface area contributed by atoms with Gasteiger partial charge in [-0.2, -0.15) is 0 Å². The molecule has 246 valence electrons. The molecule has 2 amide bonds. The predicted octanol–water partition coefficient (Wildman–Crippen LogP) is 7.00. The minimum absolute atomic E-state index is 0.0527. The maximum atomic E-state index is 14.6. The van der Waals surface area contributed by atoms with Gasteiger partial charge in [0, 0.05) is 23.9 Å². The van der Waals surface area contributed by atoms with Crippen LogP contribution in [0.5, 0.6) is 0 Å². The zero-order valence-corrected chi connectivity index (χ0v) is 28.7. The van der Waals surface area contributed by atoms with Crippen molar-refractivity contribution in [3.8, 4) is 0 Å². The number of anilines is 1. The van der Waals surface area contributed by atoms with Crippen molar-refractivity contribution in [2.24, 2.45) is 0 Å². The summed E-state index contributed by atoms with van der Waals surface area (Å²) in [6.45, 7) is 1.61. The van der Waals surface area contributed by atoms with Crippen LogP contribution in [0, 0.1) is 6.92 Å². The van der Waals surface area contributed by atoms with Crippen molar-refractivity contribution < 1.29 is 18.0 Å². The van der Waals surface area contributed by atoms with E-state index in [0.717, 1.165) is 53.7 Å². The Morgan fingerprint density at radius 2 is 1.40 bits per heavy atom. The Bertz CT molecular complexity index is 1710. The van der Waals surface area contributed by atoms with Crippen molar-refractivity contribution in [3.05, 3.63) is 126 Å². The summed E-state index contributed by atoms with van der Waals surface area (Å²) in [4.78, 5) is 31.4. The van der Waals surface area contributed by atoms with E-state index in [-0.39, 0.29) is 23.4 Å². The summed E-state index contributed by atoms with van der Waals surface area (Å²) in [7, 11) is -4.14. The third-order valence-electron chi connectivity index (χ3n) is 8.67. The zero-order chi connectivity index (χ0) is 33.2. The second kappa shape index (κ2) is 16.2. The third kappa shape index (κ3) is 9.05. The molecule has 1 N–H and O–H groups in total. The number of hydrogen-bond acceptors (Lipinski definition) is 5. The molecule has 9 heteroatoms. The smallest absolute Gasteiger partial charge is 0.264 e. The minimum Gasteiger partial charge on any atom is -0.352 e. The lowest BCUT2D eigenvalue weighted by Gasteiger charge is -2.35. The lowest BCUT2D eigenvalue weighted by atomic mass is 9.94. The highest BCUT2D eigenvalue weighted by Crippen LogP contribution is 2.27. The maximum absolute atomic E-state index is 14.6. The van der Waals surface area contributed by atoms with Gasteiger partial charge in [0.1, 0.15) is 12.6 Å². The number of benzene rings is 4. The van der Waals surface area contributed by atoms with Crippen LogP contribution in [0.2, 0.25) is 0 Å². The van der Waals surface area contributed by atoms with Crippen LogP contribution in [0.4, 0.5) is 5.69 Å². The first kappa shape index (κ1) is 34.3. The average Bonchev–Trinajstić information content (AvgIpc) is 3.10. The molecule has 7 nitrogen and oxygen atoms in total. The molecule has 0 saturated heterocycles. The molecule has 1 unspecified atom stereocenters. The Labute approximate surface area is 283 Å². The van der Waals surface area contributed by atoms with Gasteiger partial charge in [0.15, 0.2) is 0 Å². The molecule has 47 heavy (non-hydrogen) atoms. The van der Waals surface area contributed by atoms with Gasteiger partial charge in [0.2, 0.25) is 11.8 Å². The van der Waals surface area contributed by atoms with Crippen molar-refractivity contribution in [3.63, 3.8) is 0 Å². The predicted molar refractivity (Wildman–Crippen MR) is 190 cm³/mol. The van der Waals surface area contributed by atoms with Gasteiger partial charge in [-0.15, -0.1) is 11.8 Å². The number of aryl methyl sites for hydroxylation is 1. The zero-order valence-electron chi connectivity index (χ0n) is 27.0. The Morgan fingerprint density at radius 1 is 0.809 bits per heavy atom. The first-order valence-electron chi connectivity index (χ1n) is 16.2. The second-order valence-corrected chi connectivity index (χ2v) is 14.8. The van der Waals surface area contributed by atoms with Gasteiger partial charge in [-0.05, 0) is 73.5 Å². The average molecular weight is 670 g/mol. The van der Waals surface area contributed by atoms with Crippen LogP contribution in [0.3, 0.4) is 0 Å². The number of amides is 2. The Kier molecular flexibility index (Phi) is 11.8. The van der Waals surface area contributed by atoms with Crippen LogP contribution < -0.4 is 9.62 Å². The molecule has 0 bridgehead atoms. The standard InChI is InChI=1S/C38H43N3O4S2/c1-29-18-20-33(21-19-29)41(47(44,45)35-24-22-34(46-2)23-25-35)28-37(42)40(27-31-14-8-4-9-15-31)36(26-30-12-6-3-7-13-30)38(43)39-32-16-10-5-11-17-32/h3-4,6-9,12-15,18-25,32,36H,5,10-11,16-17,26-28H2,1-2H3,(H,39,43). The number of nitrogens with zero attached hydrogens (tertiary/aromatic N) is 2. The van der Waals surface area contributed by atoms with Gasteiger partial charge >= 0.3 is 0 Å². The quantitative estimate of drug-likeness (QED) is 0.155. The van der Waals surface area contributed by atoms with Gasteiger partial charge in [-0.1, -0.05) is 97.6 Å². The van der Waals surface area contributed by atoms with E-state index in [4.69, 9.17) is 0 Å². The number of sulfonamides is 1. The van der Waals surface area contributed by atoms with E-state index < -0.39 is 28.5 Å². The highest BCUT2D eigenvalue weighted by atomic mass is 32.2. The number of carbonyl (C=O) groups is 2. The summed E-state index contributed by atoms with van der Waals surface area (Å²) in [5, 5.41) is 3.25. The van der Waals surface area contributed by atoms with Crippen LogP contribution in [-0.4, -0.2) is 50.0 Å². The summed E-state index contributed by atoms with van der Waals surface area (Å²) >= 11 is 1.52. The first-order chi connectivity index (χ1) is 22.7. The van der Waals surface area contributed by atoms with Crippen molar-refractivity contribution in [2.75, 3.05) is 17.1 Å². The highest BCUT2D eigenvalue weighted by Gasteiger charge is 2.35. The van der Waals surface area contributed by atoms with E-state index in [0.29, 0.717) is 12.1 Å². The van der Waals surface area contributed by atoms with E-state index in [1.807, 2.05) is 86.0 Å². The molecule has 1 atom stereocenters. The monoisotopic (exact) mass is 669 g/mol. The SMILES string of the molecule is CSc1ccc(S(=O)(=O)N(CC(=O)N(Cc2ccccc2)C(Cc2ccccc2)C(=O)NC2CCCCC2)c2ccc(C)cc2)cc1. The van der Waals surface area contributed by atoms with Crippen LogP contribution in [0.25, 0.3) is 0 Å². The van der Waals surface area contributed by atoms with Crippen molar-refractivity contribution in [1.29, 1.82) is 0 Å². The van der Waals surface area contributed by atoms with Gasteiger partial charge < -0.3 is 10.2 Å². The highest BCUT2D eigenvalue weighted by molar-refractivity contribution is 7.98. The van der Waals surface area contributed by atoms with Gasteiger partial charge in [-0.25, -0.2) is 8.42 Å². The lowest BCUT2D eigenvalue weighted by Crippen LogP contribution is -2.55. The number of hydrogen-bond donors (Lipinski definition) is 1. The molecule has 1 aliphatic rings. The van der Waals surface area contributed by atoms with Crippen LogP contribution in [0.1, 0.15) is 48.8 Å². The van der Waals surface area contributed by atoms with Gasteiger partial charge in [0.05, 0.1) is 10.6 Å². The molecule has 0 radical (unpaired) electrons. The summed E-state index contributed by atoms with van der Waals surface area (Å²) < 4.78 is 29.7. The molecule has 4 aromatic carbocycles. The van der Waals surface area contributed by atoms with E-state index in [2.05, 4.69) is 5.32 Å². The molecule has 1 aliphatic carbocycles. The number of nitrogens with one attached hydrogen (secondary N) is 1. The van der Waals surface area contributed by atoms with E-state index >= 15 is 0 Å². The second-order valence-electron chi connectivity index (χ2n) is 12.1. The molecule has 1 saturated carbocycles. The topological polar surface area (TPSA) is 86.8 Å². The summed E-state index contributed by atoms with van der Waals surface area (Å²) in [5.74, 6) is -0.680. The van der Waals surface area contributed by atoms with Gasteiger partial charge in [0.25, 0.3) is 10.0 Å². The molecular formula is C38H43N3O4S2. The molecule has 0 aromatic heterocycles. The van der Waals surface area contributed by atoms with Crippen LogP contribution in [-0.2, 0) is 32.6 Å². The Morgan fingerprint density at radius 3 is 2.00 bits per heavy atom. The molecule has 1 fully saturated rings. The Hall–Kier alpha value is -4.08. The minimum atomic E-state index is -4.14. The largest absolute Gasteiger partial charge is 0.352 e. The molecule has 0 spiro atoms. The van der Waals surface area contributed by atoms with E-state index in [1.54, 1.807) is 41.3 Å². The van der Waals surface area contributed by atoms with Crippen LogP contribution in [0.15, 0.2) is 119 Å². The first-order valence-corrected chi connectivity index (χ1v) is 18.8. The normalized spacial score (nSPS) is 14.3. The summed E-state index contributed by atoms with van der Waals surface area (Å²) in [5.41, 5.74) is 3.11. The number of thioether (sulfide) groups is 1. The van der Waals surface area contributed by atoms with Crippen molar-refractivity contribution >= 4 is 39.3 Å². The van der Waals surface area contributed by atoms with Crippen molar-refractivity contribution in [1.82, 2.24) is 10.2 Å². The molecule has 4 aromatic rings. The maximum Gasteiger partial charge on any atom is 0.264 e. The van der Waals surface area contributed by atoms with E-state index in [1.165, 1.54) is 16.1 Å². The van der Waals surface area contributed by atoms with Crippen LogP contribution >= 0.6 is 11.8 Å². The number of carbonyl (C=O) groups excluding carboxylic acids is 2. The van der Waals surface area contributed by atoms with E-state index in [9.17, 15) is 18.0 Å². The lowest BCUT2D eigenvalue weighted by molar-refractivity contribution is -0.140. The fourth-order valence-electron chi connectivity index (χ4n) is 5.99. The van der Waals surface area contributed by atoms with Gasteiger partial charge in [-0.3, -0.25) is 13.9 Å². The molecular weight excluding hydrogens is 627 g/mol.